The first-order chi connectivity index (χ1) is 16.8. The zero-order valence-corrected chi connectivity index (χ0v) is 18.9. The van der Waals surface area contributed by atoms with Gasteiger partial charge in [-0.3, -0.25) is 0 Å². The number of nitrogens with one attached hydrogen (secondary N) is 1. The van der Waals surface area contributed by atoms with E-state index in [-0.39, 0.29) is 6.61 Å². The highest BCUT2D eigenvalue weighted by Gasteiger charge is 2.16. The van der Waals surface area contributed by atoms with Crippen molar-refractivity contribution in [3.05, 3.63) is 78.4 Å². The fourth-order valence-corrected chi connectivity index (χ4v) is 4.85. The van der Waals surface area contributed by atoms with Gasteiger partial charge in [-0.05, 0) is 53.3 Å². The van der Waals surface area contributed by atoms with E-state index in [1.54, 1.807) is 0 Å². The molecule has 0 spiro atoms. The first kappa shape index (κ1) is 20.9. The molecule has 0 amide bonds. The van der Waals surface area contributed by atoms with Gasteiger partial charge in [0.15, 0.2) is 5.65 Å². The summed E-state index contributed by atoms with van der Waals surface area (Å²) in [4.78, 5) is 11.5. The molecular formula is C27H27N5O2. The minimum Gasteiger partial charge on any atom is -0.396 e. The van der Waals surface area contributed by atoms with E-state index in [1.807, 2.05) is 29.1 Å². The summed E-state index contributed by atoms with van der Waals surface area (Å²) in [5.41, 5.74) is 8.95. The summed E-state index contributed by atoms with van der Waals surface area (Å²) >= 11 is 0. The lowest BCUT2D eigenvalue weighted by Gasteiger charge is -2.28. The largest absolute Gasteiger partial charge is 0.396 e. The van der Waals surface area contributed by atoms with Crippen LogP contribution < -0.4 is 10.2 Å². The minimum atomic E-state index is 0.181. The Bertz CT molecular complexity index is 1350. The molecule has 3 aromatic heterocycles. The maximum Gasteiger partial charge on any atom is 0.160 e. The van der Waals surface area contributed by atoms with Crippen molar-refractivity contribution in [2.24, 2.45) is 0 Å². The maximum absolute atomic E-state index is 9.33. The zero-order chi connectivity index (χ0) is 22.9. The summed E-state index contributed by atoms with van der Waals surface area (Å²) in [6.07, 6.45) is 11.7. The molecule has 6 rings (SSSR count). The smallest absolute Gasteiger partial charge is 0.160 e. The van der Waals surface area contributed by atoms with Gasteiger partial charge in [-0.2, -0.15) is 0 Å². The molecule has 0 bridgehead atoms. The molecule has 1 aliphatic carbocycles. The number of allylic oxidation sites excluding steroid dienone is 1. The van der Waals surface area contributed by atoms with Gasteiger partial charge in [0.2, 0.25) is 0 Å². The first-order valence-corrected chi connectivity index (χ1v) is 11.7. The van der Waals surface area contributed by atoms with Crippen LogP contribution in [0.3, 0.4) is 0 Å². The third-order valence-electron chi connectivity index (χ3n) is 6.61. The quantitative estimate of drug-likeness (QED) is 0.454. The molecular weight excluding hydrogens is 426 g/mol. The van der Waals surface area contributed by atoms with Gasteiger partial charge in [-0.15, -0.1) is 0 Å². The normalized spacial score (nSPS) is 15.4. The average molecular weight is 454 g/mol. The number of benzene rings is 1. The summed E-state index contributed by atoms with van der Waals surface area (Å²) in [5.74, 6) is 0.783. The van der Waals surface area contributed by atoms with Gasteiger partial charge in [0, 0.05) is 43.9 Å². The summed E-state index contributed by atoms with van der Waals surface area (Å²) in [5, 5.41) is 12.8. The Morgan fingerprint density at radius 2 is 1.94 bits per heavy atom. The molecule has 7 heteroatoms. The van der Waals surface area contributed by atoms with E-state index in [0.717, 1.165) is 66.7 Å². The van der Waals surface area contributed by atoms with E-state index in [1.165, 1.54) is 16.7 Å². The molecule has 1 aromatic carbocycles. The Morgan fingerprint density at radius 3 is 2.76 bits per heavy atom. The molecule has 2 aliphatic rings. The van der Waals surface area contributed by atoms with E-state index in [9.17, 15) is 5.11 Å². The molecule has 7 nitrogen and oxygen atoms in total. The minimum absolute atomic E-state index is 0.181. The fraction of sp³-hybridized carbons (Fsp3) is 0.259. The van der Waals surface area contributed by atoms with Gasteiger partial charge in [-0.25, -0.2) is 9.97 Å². The van der Waals surface area contributed by atoms with Crippen molar-refractivity contribution in [2.75, 3.05) is 43.1 Å². The second kappa shape index (κ2) is 8.93. The number of imidazole rings is 1. The predicted molar refractivity (Wildman–Crippen MR) is 135 cm³/mol. The second-order valence-corrected chi connectivity index (χ2v) is 8.71. The Morgan fingerprint density at radius 1 is 1.03 bits per heavy atom. The van der Waals surface area contributed by atoms with Crippen LogP contribution in [0.15, 0.2) is 67.3 Å². The average Bonchev–Trinajstić information content (AvgIpc) is 3.52. The number of pyridine rings is 2. The van der Waals surface area contributed by atoms with Gasteiger partial charge < -0.3 is 24.5 Å². The summed E-state index contributed by atoms with van der Waals surface area (Å²) in [7, 11) is 0. The summed E-state index contributed by atoms with van der Waals surface area (Å²) in [6.45, 7) is 3.48. The molecule has 4 aromatic rings. The Hall–Kier alpha value is -3.68. The Labute approximate surface area is 198 Å². The van der Waals surface area contributed by atoms with Crippen molar-refractivity contribution in [3.8, 4) is 11.1 Å². The number of nitrogens with zero attached hydrogens (tertiary/aromatic N) is 4. The molecule has 2 N–H and O–H groups in total. The lowest BCUT2D eigenvalue weighted by atomic mass is 9.98. The van der Waals surface area contributed by atoms with Gasteiger partial charge in [0.25, 0.3) is 0 Å². The highest BCUT2D eigenvalue weighted by molar-refractivity contribution is 5.81. The number of hydrogen-bond acceptors (Lipinski definition) is 6. The van der Waals surface area contributed by atoms with Crippen LogP contribution in [-0.4, -0.2) is 52.4 Å². The summed E-state index contributed by atoms with van der Waals surface area (Å²) in [6, 6.07) is 12.8. The molecule has 1 saturated heterocycles. The van der Waals surface area contributed by atoms with Crippen LogP contribution in [0, 0.1) is 0 Å². The van der Waals surface area contributed by atoms with Crippen molar-refractivity contribution in [3.63, 3.8) is 0 Å². The number of hydrogen-bond donors (Lipinski definition) is 2. The van der Waals surface area contributed by atoms with Gasteiger partial charge in [0.05, 0.1) is 30.8 Å². The van der Waals surface area contributed by atoms with Crippen LogP contribution >= 0.6 is 0 Å². The number of anilines is 3. The van der Waals surface area contributed by atoms with Crippen molar-refractivity contribution in [2.45, 2.75) is 12.8 Å². The lowest BCUT2D eigenvalue weighted by Crippen LogP contribution is -2.36. The van der Waals surface area contributed by atoms with E-state index in [0.29, 0.717) is 6.42 Å². The van der Waals surface area contributed by atoms with Crippen molar-refractivity contribution in [1.82, 2.24) is 14.4 Å². The van der Waals surface area contributed by atoms with Crippen LogP contribution in [0.25, 0.3) is 22.3 Å². The molecule has 0 radical (unpaired) electrons. The monoisotopic (exact) mass is 453 g/mol. The number of rotatable bonds is 6. The van der Waals surface area contributed by atoms with Crippen molar-refractivity contribution in [1.29, 1.82) is 0 Å². The summed E-state index contributed by atoms with van der Waals surface area (Å²) < 4.78 is 7.49. The van der Waals surface area contributed by atoms with E-state index >= 15 is 0 Å². The molecule has 4 heterocycles. The van der Waals surface area contributed by atoms with Crippen LogP contribution in [0.1, 0.15) is 17.5 Å². The van der Waals surface area contributed by atoms with Crippen LogP contribution in [0.5, 0.6) is 0 Å². The van der Waals surface area contributed by atoms with Crippen LogP contribution in [-0.2, 0) is 11.2 Å². The number of ether oxygens (including phenoxy) is 1. The molecule has 0 unspecified atom stereocenters. The third kappa shape index (κ3) is 3.93. The van der Waals surface area contributed by atoms with E-state index in [2.05, 4.69) is 62.8 Å². The van der Waals surface area contributed by atoms with Gasteiger partial charge in [0.1, 0.15) is 5.82 Å². The Kier molecular flexibility index (Phi) is 5.49. The lowest BCUT2D eigenvalue weighted by molar-refractivity contribution is 0.122. The van der Waals surface area contributed by atoms with Gasteiger partial charge in [-0.1, -0.05) is 24.3 Å². The molecule has 0 saturated carbocycles. The molecule has 1 fully saturated rings. The SMILES string of the molecule is OCCC1=CCc2cc(-c3cc(Nc4ccc(N5CCOCC5)cn4)c4nccn4c3)ccc21. The maximum atomic E-state index is 9.33. The van der Waals surface area contributed by atoms with Crippen LogP contribution in [0.4, 0.5) is 17.2 Å². The number of aromatic nitrogens is 3. The predicted octanol–water partition coefficient (Wildman–Crippen LogP) is 4.30. The standard InChI is InChI=1S/C27H27N5O2/c33-12-7-19-1-2-21-15-20(3-5-24(19)21)22-16-25(27-28-8-9-32(27)18-22)30-26-6-4-23(17-29-26)31-10-13-34-14-11-31/h1,3-6,8-9,15-18,33H,2,7,10-14H2,(H,29,30). The second-order valence-electron chi connectivity index (χ2n) is 8.71. The fourth-order valence-electron chi connectivity index (χ4n) is 4.85. The highest BCUT2D eigenvalue weighted by atomic mass is 16.5. The van der Waals surface area contributed by atoms with Crippen LogP contribution in [0.2, 0.25) is 0 Å². The number of morpholine rings is 1. The highest BCUT2D eigenvalue weighted by Crippen LogP contribution is 2.34. The molecule has 172 valence electrons. The number of aliphatic hydroxyl groups excluding tert-OH is 1. The van der Waals surface area contributed by atoms with Gasteiger partial charge >= 0.3 is 0 Å². The first-order valence-electron chi connectivity index (χ1n) is 11.7. The number of aliphatic hydroxyl groups is 1. The molecule has 34 heavy (non-hydrogen) atoms. The number of fused-ring (bicyclic) bond motifs is 2. The van der Waals surface area contributed by atoms with Crippen molar-refractivity contribution < 1.29 is 9.84 Å². The molecule has 1 aliphatic heterocycles. The topological polar surface area (TPSA) is 74.9 Å². The molecule has 0 atom stereocenters. The van der Waals surface area contributed by atoms with Crippen molar-refractivity contribution >= 4 is 28.4 Å². The van der Waals surface area contributed by atoms with E-state index in [4.69, 9.17) is 4.74 Å². The third-order valence-corrected chi connectivity index (χ3v) is 6.61. The zero-order valence-electron chi connectivity index (χ0n) is 18.9. The van der Waals surface area contributed by atoms with E-state index < -0.39 is 0 Å². The Balaban J connectivity index is 1.29.